The van der Waals surface area contributed by atoms with Gasteiger partial charge in [-0.1, -0.05) is 34.6 Å². The summed E-state index contributed by atoms with van der Waals surface area (Å²) in [6.45, 7) is 11.0. The van der Waals surface area contributed by atoms with E-state index in [0.29, 0.717) is 25.3 Å². The quantitative estimate of drug-likeness (QED) is 0.828. The van der Waals surface area contributed by atoms with Crippen LogP contribution in [0.3, 0.4) is 0 Å². The summed E-state index contributed by atoms with van der Waals surface area (Å²) < 4.78 is 0. The van der Waals surface area contributed by atoms with Crippen LogP contribution in [0.1, 0.15) is 53.9 Å². The fourth-order valence-electron chi connectivity index (χ4n) is 3.39. The standard InChI is InChI=1S/C15H26N2O2/c1-11(2)8-15(14(3,4)5)9-12(10-16)6-7-17(15)13(18)19/h11-12H,6-9H2,1-5H3,(H,18,19). The highest BCUT2D eigenvalue weighted by Gasteiger charge is 2.52. The lowest BCUT2D eigenvalue weighted by atomic mass is 9.62. The summed E-state index contributed by atoms with van der Waals surface area (Å²) >= 11 is 0. The molecule has 0 saturated carbocycles. The fraction of sp³-hybridized carbons (Fsp3) is 0.867. The van der Waals surface area contributed by atoms with Crippen molar-refractivity contribution in [3.8, 4) is 6.07 Å². The first-order valence-electron chi connectivity index (χ1n) is 7.04. The first-order chi connectivity index (χ1) is 8.64. The van der Waals surface area contributed by atoms with Crippen molar-refractivity contribution in [1.82, 2.24) is 4.90 Å². The van der Waals surface area contributed by atoms with Crippen molar-refractivity contribution in [2.45, 2.75) is 59.4 Å². The molecule has 0 aliphatic carbocycles. The summed E-state index contributed by atoms with van der Waals surface area (Å²) in [5, 5.41) is 18.8. The summed E-state index contributed by atoms with van der Waals surface area (Å²) in [7, 11) is 0. The number of piperidine rings is 1. The van der Waals surface area contributed by atoms with Gasteiger partial charge in [-0.3, -0.25) is 0 Å². The molecule has 2 unspecified atom stereocenters. The van der Waals surface area contributed by atoms with Crippen molar-refractivity contribution in [3.63, 3.8) is 0 Å². The minimum absolute atomic E-state index is 0.0337. The average molecular weight is 266 g/mol. The van der Waals surface area contributed by atoms with Crippen molar-refractivity contribution in [2.75, 3.05) is 6.54 Å². The van der Waals surface area contributed by atoms with Gasteiger partial charge >= 0.3 is 6.09 Å². The van der Waals surface area contributed by atoms with Crippen LogP contribution in [0, 0.1) is 28.6 Å². The number of hydrogen-bond donors (Lipinski definition) is 1. The molecule has 1 N–H and O–H groups in total. The Balaban J connectivity index is 3.25. The van der Waals surface area contributed by atoms with Gasteiger partial charge in [-0.2, -0.15) is 5.26 Å². The zero-order valence-electron chi connectivity index (χ0n) is 12.7. The highest BCUT2D eigenvalue weighted by atomic mass is 16.4. The monoisotopic (exact) mass is 266 g/mol. The maximum Gasteiger partial charge on any atom is 0.407 e. The smallest absolute Gasteiger partial charge is 0.407 e. The molecule has 0 aromatic carbocycles. The number of rotatable bonds is 2. The highest BCUT2D eigenvalue weighted by Crippen LogP contribution is 2.48. The van der Waals surface area contributed by atoms with Gasteiger partial charge in [0.25, 0.3) is 0 Å². The number of amides is 1. The van der Waals surface area contributed by atoms with Gasteiger partial charge in [-0.05, 0) is 30.6 Å². The lowest BCUT2D eigenvalue weighted by Gasteiger charge is -2.55. The van der Waals surface area contributed by atoms with Gasteiger partial charge in [0, 0.05) is 6.54 Å². The molecule has 1 rings (SSSR count). The van der Waals surface area contributed by atoms with E-state index < -0.39 is 11.6 Å². The van der Waals surface area contributed by atoms with Gasteiger partial charge in [0.1, 0.15) is 0 Å². The zero-order chi connectivity index (χ0) is 14.8. The van der Waals surface area contributed by atoms with Crippen LogP contribution < -0.4 is 0 Å². The molecular formula is C15H26N2O2. The normalized spacial score (nSPS) is 28.3. The molecule has 0 bridgehead atoms. The van der Waals surface area contributed by atoms with Crippen LogP contribution in [-0.4, -0.2) is 28.2 Å². The van der Waals surface area contributed by atoms with E-state index in [1.807, 2.05) is 0 Å². The third-order valence-electron chi connectivity index (χ3n) is 4.36. The number of likely N-dealkylation sites (tertiary alicyclic amines) is 1. The molecule has 1 saturated heterocycles. The van der Waals surface area contributed by atoms with E-state index in [9.17, 15) is 15.2 Å². The molecule has 0 spiro atoms. The molecule has 1 fully saturated rings. The molecule has 4 heteroatoms. The van der Waals surface area contributed by atoms with Gasteiger partial charge < -0.3 is 10.0 Å². The Morgan fingerprint density at radius 2 is 2.11 bits per heavy atom. The van der Waals surface area contributed by atoms with Crippen molar-refractivity contribution >= 4 is 6.09 Å². The molecule has 1 heterocycles. The maximum atomic E-state index is 11.6. The summed E-state index contributed by atoms with van der Waals surface area (Å²) in [6, 6.07) is 2.34. The van der Waals surface area contributed by atoms with E-state index in [0.717, 1.165) is 6.42 Å². The molecular weight excluding hydrogens is 240 g/mol. The minimum Gasteiger partial charge on any atom is -0.465 e. The average Bonchev–Trinajstić information content (AvgIpc) is 2.25. The van der Waals surface area contributed by atoms with Crippen molar-refractivity contribution in [3.05, 3.63) is 0 Å². The third kappa shape index (κ3) is 3.02. The zero-order valence-corrected chi connectivity index (χ0v) is 12.7. The van der Waals surface area contributed by atoms with Gasteiger partial charge in [-0.15, -0.1) is 0 Å². The molecule has 1 aliphatic rings. The largest absolute Gasteiger partial charge is 0.465 e. The minimum atomic E-state index is -0.855. The van der Waals surface area contributed by atoms with Crippen LogP contribution in [0.15, 0.2) is 0 Å². The van der Waals surface area contributed by atoms with Crippen LogP contribution in [0.4, 0.5) is 4.79 Å². The highest BCUT2D eigenvalue weighted by molar-refractivity contribution is 5.66. The molecule has 0 aromatic rings. The van der Waals surface area contributed by atoms with E-state index in [1.54, 1.807) is 4.90 Å². The van der Waals surface area contributed by atoms with E-state index in [1.165, 1.54) is 0 Å². The second-order valence-corrected chi connectivity index (χ2v) is 7.13. The van der Waals surface area contributed by atoms with Crippen LogP contribution in [0.5, 0.6) is 0 Å². The molecule has 1 amide bonds. The van der Waals surface area contributed by atoms with Crippen LogP contribution in [-0.2, 0) is 0 Å². The Hall–Kier alpha value is -1.24. The first-order valence-corrected chi connectivity index (χ1v) is 7.04. The molecule has 1 aliphatic heterocycles. The van der Waals surface area contributed by atoms with Gasteiger partial charge in [0.05, 0.1) is 17.5 Å². The van der Waals surface area contributed by atoms with Crippen molar-refractivity contribution in [1.29, 1.82) is 5.26 Å². The number of nitriles is 1. The molecule has 4 nitrogen and oxygen atoms in total. The summed E-state index contributed by atoms with van der Waals surface area (Å²) in [4.78, 5) is 13.2. The summed E-state index contributed by atoms with van der Waals surface area (Å²) in [6.07, 6.45) is 1.25. The Bertz CT molecular complexity index is 379. The number of hydrogen-bond acceptors (Lipinski definition) is 2. The molecule has 108 valence electrons. The Kier molecular flexibility index (Phi) is 4.50. The lowest BCUT2D eigenvalue weighted by molar-refractivity contribution is -0.0477. The number of nitrogens with zero attached hydrogens (tertiary/aromatic N) is 2. The van der Waals surface area contributed by atoms with E-state index in [4.69, 9.17) is 0 Å². The van der Waals surface area contributed by atoms with Crippen LogP contribution in [0.25, 0.3) is 0 Å². The Morgan fingerprint density at radius 1 is 1.53 bits per heavy atom. The van der Waals surface area contributed by atoms with Crippen molar-refractivity contribution in [2.24, 2.45) is 17.3 Å². The molecule has 0 aromatic heterocycles. The molecule has 19 heavy (non-hydrogen) atoms. The Labute approximate surface area is 116 Å². The predicted molar refractivity (Wildman–Crippen MR) is 74.7 cm³/mol. The van der Waals surface area contributed by atoms with Crippen LogP contribution >= 0.6 is 0 Å². The predicted octanol–water partition coefficient (Wildman–Crippen LogP) is 3.73. The molecule has 0 radical (unpaired) electrons. The second kappa shape index (κ2) is 5.40. The topological polar surface area (TPSA) is 64.3 Å². The maximum absolute atomic E-state index is 11.6. The van der Waals surface area contributed by atoms with Crippen LogP contribution in [0.2, 0.25) is 0 Å². The van der Waals surface area contributed by atoms with Crippen molar-refractivity contribution < 1.29 is 9.90 Å². The summed E-state index contributed by atoms with van der Waals surface area (Å²) in [5.41, 5.74) is -0.614. The van der Waals surface area contributed by atoms with Gasteiger partial charge in [0.2, 0.25) is 0 Å². The van der Waals surface area contributed by atoms with E-state index in [-0.39, 0.29) is 11.3 Å². The van der Waals surface area contributed by atoms with Gasteiger partial charge in [-0.25, -0.2) is 4.79 Å². The first kappa shape index (κ1) is 15.8. The van der Waals surface area contributed by atoms with E-state index >= 15 is 0 Å². The SMILES string of the molecule is CC(C)CC1(C(C)(C)C)CC(C#N)CCN1C(=O)O. The number of carboxylic acid groups (broad SMARTS) is 1. The van der Waals surface area contributed by atoms with E-state index in [2.05, 4.69) is 40.7 Å². The third-order valence-corrected chi connectivity index (χ3v) is 4.36. The number of carbonyl (C=O) groups is 1. The second-order valence-electron chi connectivity index (χ2n) is 7.13. The summed E-state index contributed by atoms with van der Waals surface area (Å²) in [5.74, 6) is 0.368. The Morgan fingerprint density at radius 3 is 2.47 bits per heavy atom. The lowest BCUT2D eigenvalue weighted by Crippen LogP contribution is -2.63. The fourth-order valence-corrected chi connectivity index (χ4v) is 3.39. The molecule has 2 atom stereocenters. The van der Waals surface area contributed by atoms with Gasteiger partial charge in [0.15, 0.2) is 0 Å².